The first-order valence-electron chi connectivity index (χ1n) is 6.26. The maximum Gasteiger partial charge on any atom is 0.240 e. The molecule has 0 aromatic carbocycles. The minimum absolute atomic E-state index is 0.0220. The van der Waals surface area contributed by atoms with Crippen LogP contribution >= 0.6 is 0 Å². The summed E-state index contributed by atoms with van der Waals surface area (Å²) < 4.78 is 0. The molecule has 0 aromatic heterocycles. The van der Waals surface area contributed by atoms with Crippen LogP contribution in [0.5, 0.6) is 0 Å². The first-order valence-corrected chi connectivity index (χ1v) is 6.26. The molecule has 0 heterocycles. The second-order valence-electron chi connectivity index (χ2n) is 5.69. The Morgan fingerprint density at radius 3 is 2.00 bits per heavy atom. The molecule has 0 rings (SSSR count). The van der Waals surface area contributed by atoms with E-state index in [1.807, 2.05) is 13.8 Å². The molecule has 0 radical (unpaired) electrons. The Kier molecular flexibility index (Phi) is 5.47. The summed E-state index contributed by atoms with van der Waals surface area (Å²) in [5.41, 5.74) is 5.44. The van der Waals surface area contributed by atoms with Crippen LogP contribution in [0.1, 0.15) is 54.4 Å². The third kappa shape index (κ3) is 3.78. The first-order chi connectivity index (χ1) is 7.19. The smallest absolute Gasteiger partial charge is 0.240 e. The van der Waals surface area contributed by atoms with Crippen LogP contribution in [0.2, 0.25) is 0 Å². The van der Waals surface area contributed by atoms with Gasteiger partial charge in [-0.15, -0.1) is 0 Å². The van der Waals surface area contributed by atoms with Gasteiger partial charge in [0.25, 0.3) is 0 Å². The monoisotopic (exact) mass is 228 g/mol. The third-order valence-electron chi connectivity index (χ3n) is 3.98. The van der Waals surface area contributed by atoms with E-state index in [-0.39, 0.29) is 11.3 Å². The summed E-state index contributed by atoms with van der Waals surface area (Å²) in [5.74, 6) is 0.509. The lowest BCUT2D eigenvalue weighted by molar-refractivity contribution is -0.127. The molecule has 0 aromatic rings. The number of carbonyl (C=O) groups is 1. The summed E-state index contributed by atoms with van der Waals surface area (Å²) >= 11 is 0. The number of nitrogens with one attached hydrogen (secondary N) is 1. The number of hydrogen-bond donors (Lipinski definition) is 2. The van der Waals surface area contributed by atoms with Crippen molar-refractivity contribution in [2.75, 3.05) is 6.54 Å². The molecule has 0 aliphatic heterocycles. The zero-order chi connectivity index (χ0) is 13.0. The molecule has 0 aliphatic rings. The molecule has 3 heteroatoms. The summed E-state index contributed by atoms with van der Waals surface area (Å²) in [5, 5.41) is 2.98. The quantitative estimate of drug-likeness (QED) is 0.733. The van der Waals surface area contributed by atoms with Gasteiger partial charge in [0.05, 0.1) is 5.54 Å². The zero-order valence-electron chi connectivity index (χ0n) is 11.7. The van der Waals surface area contributed by atoms with Crippen molar-refractivity contribution in [2.24, 2.45) is 17.1 Å². The molecule has 0 saturated carbocycles. The van der Waals surface area contributed by atoms with E-state index in [1.165, 1.54) is 0 Å². The van der Waals surface area contributed by atoms with Gasteiger partial charge in [-0.1, -0.05) is 41.5 Å². The number of rotatable bonds is 6. The SMILES string of the molecule is CCC(N)(CC)C(=O)NCC(C)(C)C(C)C. The van der Waals surface area contributed by atoms with Crippen LogP contribution in [0.4, 0.5) is 0 Å². The van der Waals surface area contributed by atoms with Gasteiger partial charge in [0.1, 0.15) is 0 Å². The van der Waals surface area contributed by atoms with Crippen LogP contribution < -0.4 is 11.1 Å². The molecule has 0 saturated heterocycles. The molecule has 0 unspecified atom stereocenters. The molecule has 0 bridgehead atoms. The van der Waals surface area contributed by atoms with Gasteiger partial charge in [0.15, 0.2) is 0 Å². The van der Waals surface area contributed by atoms with E-state index in [1.54, 1.807) is 0 Å². The standard InChI is InChI=1S/C13H28N2O/c1-7-13(14,8-2)11(16)15-9-12(5,6)10(3)4/h10H,7-9,14H2,1-6H3,(H,15,16). The molecule has 0 spiro atoms. The van der Waals surface area contributed by atoms with Gasteiger partial charge >= 0.3 is 0 Å². The topological polar surface area (TPSA) is 55.1 Å². The van der Waals surface area contributed by atoms with Crippen LogP contribution in [0.3, 0.4) is 0 Å². The van der Waals surface area contributed by atoms with Crippen LogP contribution in [0.25, 0.3) is 0 Å². The van der Waals surface area contributed by atoms with Crippen molar-refractivity contribution >= 4 is 5.91 Å². The normalized spacial score (nSPS) is 13.0. The highest BCUT2D eigenvalue weighted by Gasteiger charge is 2.31. The fourth-order valence-electron chi connectivity index (χ4n) is 1.26. The van der Waals surface area contributed by atoms with E-state index in [2.05, 4.69) is 33.0 Å². The van der Waals surface area contributed by atoms with Crippen molar-refractivity contribution in [3.63, 3.8) is 0 Å². The van der Waals surface area contributed by atoms with E-state index >= 15 is 0 Å². The zero-order valence-corrected chi connectivity index (χ0v) is 11.7. The minimum Gasteiger partial charge on any atom is -0.354 e. The van der Waals surface area contributed by atoms with Crippen molar-refractivity contribution in [3.8, 4) is 0 Å². The first kappa shape index (κ1) is 15.4. The lowest BCUT2D eigenvalue weighted by Crippen LogP contribution is -2.54. The molecule has 3 N–H and O–H groups in total. The van der Waals surface area contributed by atoms with Crippen molar-refractivity contribution in [1.29, 1.82) is 0 Å². The Labute approximate surface area is 100 Å². The highest BCUT2D eigenvalue weighted by atomic mass is 16.2. The second-order valence-corrected chi connectivity index (χ2v) is 5.69. The van der Waals surface area contributed by atoms with Crippen LogP contribution in [0.15, 0.2) is 0 Å². The summed E-state index contributed by atoms with van der Waals surface area (Å²) in [6.07, 6.45) is 1.36. The Hall–Kier alpha value is -0.570. The van der Waals surface area contributed by atoms with Gasteiger partial charge in [-0.05, 0) is 24.2 Å². The van der Waals surface area contributed by atoms with Crippen molar-refractivity contribution in [1.82, 2.24) is 5.32 Å². The van der Waals surface area contributed by atoms with Gasteiger partial charge in [-0.25, -0.2) is 0 Å². The fraction of sp³-hybridized carbons (Fsp3) is 0.923. The molecule has 0 atom stereocenters. The maximum absolute atomic E-state index is 12.0. The van der Waals surface area contributed by atoms with E-state index in [0.717, 1.165) is 0 Å². The van der Waals surface area contributed by atoms with Crippen molar-refractivity contribution < 1.29 is 4.79 Å². The van der Waals surface area contributed by atoms with Crippen LogP contribution in [-0.4, -0.2) is 18.0 Å². The Balaban J connectivity index is 4.38. The lowest BCUT2D eigenvalue weighted by Gasteiger charge is -2.32. The van der Waals surface area contributed by atoms with Crippen molar-refractivity contribution in [2.45, 2.75) is 59.9 Å². The Morgan fingerprint density at radius 1 is 1.25 bits per heavy atom. The molecule has 1 amide bonds. The van der Waals surface area contributed by atoms with Gasteiger partial charge < -0.3 is 11.1 Å². The van der Waals surface area contributed by atoms with E-state index in [4.69, 9.17) is 5.73 Å². The van der Waals surface area contributed by atoms with Crippen molar-refractivity contribution in [3.05, 3.63) is 0 Å². The van der Waals surface area contributed by atoms with Crippen LogP contribution in [0, 0.1) is 11.3 Å². The third-order valence-corrected chi connectivity index (χ3v) is 3.98. The fourth-order valence-corrected chi connectivity index (χ4v) is 1.26. The summed E-state index contributed by atoms with van der Waals surface area (Å²) in [4.78, 5) is 12.0. The molecule has 0 fully saturated rings. The summed E-state index contributed by atoms with van der Waals surface area (Å²) in [6, 6.07) is 0. The average molecular weight is 228 g/mol. The predicted molar refractivity (Wildman–Crippen MR) is 69.1 cm³/mol. The minimum atomic E-state index is -0.701. The highest BCUT2D eigenvalue weighted by Crippen LogP contribution is 2.25. The molecule has 16 heavy (non-hydrogen) atoms. The summed E-state index contributed by atoms with van der Waals surface area (Å²) in [7, 11) is 0. The molecular formula is C13H28N2O. The lowest BCUT2D eigenvalue weighted by atomic mass is 9.81. The van der Waals surface area contributed by atoms with E-state index in [0.29, 0.717) is 25.3 Å². The molecule has 96 valence electrons. The Bertz CT molecular complexity index is 230. The van der Waals surface area contributed by atoms with Crippen LogP contribution in [-0.2, 0) is 4.79 Å². The largest absolute Gasteiger partial charge is 0.354 e. The second kappa shape index (κ2) is 5.67. The van der Waals surface area contributed by atoms with Gasteiger partial charge in [-0.2, -0.15) is 0 Å². The highest BCUT2D eigenvalue weighted by molar-refractivity contribution is 5.85. The number of carbonyl (C=O) groups excluding carboxylic acids is 1. The van der Waals surface area contributed by atoms with E-state index < -0.39 is 5.54 Å². The molecule has 3 nitrogen and oxygen atoms in total. The van der Waals surface area contributed by atoms with Gasteiger partial charge in [-0.3, -0.25) is 4.79 Å². The number of nitrogens with two attached hydrogens (primary N) is 1. The predicted octanol–water partition coefficient (Wildman–Crippen LogP) is 2.30. The maximum atomic E-state index is 12.0. The average Bonchev–Trinajstić information content (AvgIpc) is 2.24. The number of amides is 1. The van der Waals surface area contributed by atoms with Gasteiger partial charge in [0.2, 0.25) is 5.91 Å². The van der Waals surface area contributed by atoms with E-state index in [9.17, 15) is 4.79 Å². The summed E-state index contributed by atoms with van der Waals surface area (Å²) in [6.45, 7) is 13.3. The molecular weight excluding hydrogens is 200 g/mol. The Morgan fingerprint density at radius 2 is 1.69 bits per heavy atom. The van der Waals surface area contributed by atoms with Gasteiger partial charge in [0, 0.05) is 6.54 Å². The number of hydrogen-bond acceptors (Lipinski definition) is 2. The molecule has 0 aliphatic carbocycles.